The second-order valence-electron chi connectivity index (χ2n) is 4.54. The molecular formula is C13H16N2O4. The largest absolute Gasteiger partial charge is 0.493 e. The number of piperazine rings is 1. The molecule has 102 valence electrons. The third-order valence-electron chi connectivity index (χ3n) is 3.22. The van der Waals surface area contributed by atoms with Gasteiger partial charge in [0.2, 0.25) is 0 Å². The van der Waals surface area contributed by atoms with Crippen molar-refractivity contribution in [3.8, 4) is 11.5 Å². The van der Waals surface area contributed by atoms with Crippen molar-refractivity contribution in [3.63, 3.8) is 0 Å². The Kier molecular flexibility index (Phi) is 3.33. The number of methoxy groups -OCH3 is 2. The van der Waals surface area contributed by atoms with E-state index in [0.717, 1.165) is 5.56 Å². The monoisotopic (exact) mass is 264 g/mol. The summed E-state index contributed by atoms with van der Waals surface area (Å²) in [4.78, 5) is 22.7. The lowest BCUT2D eigenvalue weighted by Crippen LogP contribution is -2.60. The fourth-order valence-electron chi connectivity index (χ4n) is 2.04. The summed E-state index contributed by atoms with van der Waals surface area (Å²) < 4.78 is 10.4. The summed E-state index contributed by atoms with van der Waals surface area (Å²) in [5.74, 6) is -0.0603. The van der Waals surface area contributed by atoms with Crippen LogP contribution in [-0.2, 0) is 15.1 Å². The summed E-state index contributed by atoms with van der Waals surface area (Å²) in [6.07, 6.45) is 0. The normalized spacial score (nSPS) is 22.5. The quantitative estimate of drug-likeness (QED) is 0.763. The summed E-state index contributed by atoms with van der Waals surface area (Å²) in [5, 5.41) is 5.26. The highest BCUT2D eigenvalue weighted by atomic mass is 16.5. The fraction of sp³-hybridized carbons (Fsp3) is 0.385. The van der Waals surface area contributed by atoms with Crippen LogP contribution in [0.25, 0.3) is 0 Å². The predicted octanol–water partition coefficient (Wildman–Crippen LogP) is 0.165. The van der Waals surface area contributed by atoms with Crippen molar-refractivity contribution in [2.75, 3.05) is 20.8 Å². The number of benzene rings is 1. The molecule has 0 aliphatic carbocycles. The van der Waals surface area contributed by atoms with Crippen molar-refractivity contribution in [2.45, 2.75) is 12.5 Å². The number of carbonyl (C=O) groups is 2. The van der Waals surface area contributed by atoms with Crippen LogP contribution in [0.1, 0.15) is 12.5 Å². The maximum absolute atomic E-state index is 11.5. The van der Waals surface area contributed by atoms with Gasteiger partial charge in [0.15, 0.2) is 11.5 Å². The van der Waals surface area contributed by atoms with Crippen LogP contribution in [-0.4, -0.2) is 32.6 Å². The molecule has 1 atom stereocenters. The van der Waals surface area contributed by atoms with Gasteiger partial charge in [-0.2, -0.15) is 0 Å². The van der Waals surface area contributed by atoms with Crippen LogP contribution in [0.5, 0.6) is 11.5 Å². The van der Waals surface area contributed by atoms with Gasteiger partial charge in [0.25, 0.3) is 0 Å². The summed E-state index contributed by atoms with van der Waals surface area (Å²) in [7, 11) is 3.10. The number of hydrogen-bond donors (Lipinski definition) is 2. The first kappa shape index (κ1) is 13.2. The molecule has 0 radical (unpaired) electrons. The average molecular weight is 264 g/mol. The molecule has 19 heavy (non-hydrogen) atoms. The Balaban J connectivity index is 2.35. The van der Waals surface area contributed by atoms with E-state index in [4.69, 9.17) is 9.47 Å². The number of rotatable bonds is 3. The van der Waals surface area contributed by atoms with Crippen molar-refractivity contribution >= 4 is 11.8 Å². The predicted molar refractivity (Wildman–Crippen MR) is 68.1 cm³/mol. The van der Waals surface area contributed by atoms with Crippen LogP contribution in [0.3, 0.4) is 0 Å². The van der Waals surface area contributed by atoms with Gasteiger partial charge < -0.3 is 20.1 Å². The SMILES string of the molecule is COc1ccc(C2(C)CNC(=O)C(=O)N2)cc1OC. The second-order valence-corrected chi connectivity index (χ2v) is 4.54. The highest BCUT2D eigenvalue weighted by molar-refractivity contribution is 6.35. The molecule has 0 saturated carbocycles. The van der Waals surface area contributed by atoms with Gasteiger partial charge in [-0.3, -0.25) is 9.59 Å². The number of nitrogens with one attached hydrogen (secondary N) is 2. The minimum absolute atomic E-state index is 0.326. The number of amides is 2. The van der Waals surface area contributed by atoms with Crippen LogP contribution < -0.4 is 20.1 Å². The van der Waals surface area contributed by atoms with E-state index in [2.05, 4.69) is 10.6 Å². The minimum Gasteiger partial charge on any atom is -0.493 e. The highest BCUT2D eigenvalue weighted by Crippen LogP contribution is 2.32. The van der Waals surface area contributed by atoms with Gasteiger partial charge in [-0.15, -0.1) is 0 Å². The van der Waals surface area contributed by atoms with Crippen molar-refractivity contribution < 1.29 is 19.1 Å². The van der Waals surface area contributed by atoms with Crippen LogP contribution in [0.2, 0.25) is 0 Å². The molecule has 2 N–H and O–H groups in total. The molecule has 2 amide bonds. The molecule has 6 heteroatoms. The molecule has 1 fully saturated rings. The molecule has 1 aromatic carbocycles. The summed E-state index contributed by atoms with van der Waals surface area (Å²) in [5.41, 5.74) is 0.170. The van der Waals surface area contributed by atoms with E-state index in [0.29, 0.717) is 18.0 Å². The lowest BCUT2D eigenvalue weighted by Gasteiger charge is -2.35. The number of hydrogen-bond acceptors (Lipinski definition) is 4. The van der Waals surface area contributed by atoms with Gasteiger partial charge in [-0.25, -0.2) is 0 Å². The molecule has 0 aromatic heterocycles. The van der Waals surface area contributed by atoms with E-state index in [1.54, 1.807) is 26.4 Å². The second kappa shape index (κ2) is 4.79. The first-order valence-electron chi connectivity index (χ1n) is 5.83. The Bertz CT molecular complexity index is 529. The van der Waals surface area contributed by atoms with Crippen LogP contribution in [0.4, 0.5) is 0 Å². The summed E-state index contributed by atoms with van der Waals surface area (Å²) in [6, 6.07) is 5.39. The molecular weight excluding hydrogens is 248 g/mol. The third-order valence-corrected chi connectivity index (χ3v) is 3.22. The molecule has 1 aliphatic heterocycles. The van der Waals surface area contributed by atoms with Gasteiger partial charge in [-0.05, 0) is 24.6 Å². The molecule has 2 rings (SSSR count). The zero-order valence-corrected chi connectivity index (χ0v) is 11.1. The molecule has 1 heterocycles. The smallest absolute Gasteiger partial charge is 0.310 e. The summed E-state index contributed by atoms with van der Waals surface area (Å²) >= 11 is 0. The van der Waals surface area contributed by atoms with Crippen LogP contribution in [0.15, 0.2) is 18.2 Å². The van der Waals surface area contributed by atoms with E-state index in [1.807, 2.05) is 13.0 Å². The van der Waals surface area contributed by atoms with Crippen LogP contribution >= 0.6 is 0 Å². The van der Waals surface area contributed by atoms with Gasteiger partial charge >= 0.3 is 11.8 Å². The van der Waals surface area contributed by atoms with Crippen molar-refractivity contribution in [2.24, 2.45) is 0 Å². The third kappa shape index (κ3) is 2.33. The van der Waals surface area contributed by atoms with Gasteiger partial charge in [-0.1, -0.05) is 6.07 Å². The Labute approximate surface area is 111 Å². The first-order chi connectivity index (χ1) is 9.00. The lowest BCUT2D eigenvalue weighted by molar-refractivity contribution is -0.142. The lowest BCUT2D eigenvalue weighted by atomic mass is 9.90. The highest BCUT2D eigenvalue weighted by Gasteiger charge is 2.36. The minimum atomic E-state index is -0.662. The molecule has 1 aromatic rings. The van der Waals surface area contributed by atoms with Gasteiger partial charge in [0, 0.05) is 6.54 Å². The molecule has 1 saturated heterocycles. The molecule has 0 spiro atoms. The standard InChI is InChI=1S/C13H16N2O4/c1-13(7-14-11(16)12(17)15-13)8-4-5-9(18-2)10(6-8)19-3/h4-6H,7H2,1-3H3,(H,14,16)(H,15,17). The van der Waals surface area contributed by atoms with Gasteiger partial charge in [0.05, 0.1) is 19.8 Å². The van der Waals surface area contributed by atoms with E-state index >= 15 is 0 Å². The average Bonchev–Trinajstić information content (AvgIpc) is 2.42. The zero-order chi connectivity index (χ0) is 14.0. The van der Waals surface area contributed by atoms with Crippen LogP contribution in [0, 0.1) is 0 Å². The van der Waals surface area contributed by atoms with Crippen molar-refractivity contribution in [1.29, 1.82) is 0 Å². The fourth-order valence-corrected chi connectivity index (χ4v) is 2.04. The van der Waals surface area contributed by atoms with Gasteiger partial charge in [0.1, 0.15) is 0 Å². The Morgan fingerprint density at radius 2 is 1.79 bits per heavy atom. The van der Waals surface area contributed by atoms with E-state index < -0.39 is 17.4 Å². The molecule has 6 nitrogen and oxygen atoms in total. The number of ether oxygens (including phenoxy) is 2. The Hall–Kier alpha value is -2.24. The van der Waals surface area contributed by atoms with E-state index in [9.17, 15) is 9.59 Å². The topological polar surface area (TPSA) is 76.7 Å². The molecule has 1 aliphatic rings. The number of carbonyl (C=O) groups excluding carboxylic acids is 2. The first-order valence-corrected chi connectivity index (χ1v) is 5.83. The van der Waals surface area contributed by atoms with Crippen molar-refractivity contribution in [1.82, 2.24) is 10.6 Å². The van der Waals surface area contributed by atoms with E-state index in [-0.39, 0.29) is 0 Å². The van der Waals surface area contributed by atoms with Crippen molar-refractivity contribution in [3.05, 3.63) is 23.8 Å². The zero-order valence-electron chi connectivity index (χ0n) is 11.1. The van der Waals surface area contributed by atoms with E-state index in [1.165, 1.54) is 0 Å². The maximum Gasteiger partial charge on any atom is 0.310 e. The molecule has 0 bridgehead atoms. The summed E-state index contributed by atoms with van der Waals surface area (Å²) in [6.45, 7) is 2.17. The Morgan fingerprint density at radius 3 is 2.37 bits per heavy atom. The molecule has 1 unspecified atom stereocenters. The Morgan fingerprint density at radius 1 is 1.11 bits per heavy atom. The maximum atomic E-state index is 11.5.